The molecule has 1 aromatic heterocycles. The molecular weight excluding hydrogens is 400 g/mol. The molecule has 23 heavy (non-hydrogen) atoms. The Morgan fingerprint density at radius 1 is 1.48 bits per heavy atom. The molecule has 1 aliphatic rings. The van der Waals surface area contributed by atoms with Crippen LogP contribution in [0.25, 0.3) is 10.2 Å². The minimum absolute atomic E-state index is 0.0178. The summed E-state index contributed by atoms with van der Waals surface area (Å²) in [5.41, 5.74) is 0.881. The largest absolute Gasteiger partial charge is 0.508 e. The zero-order valence-electron chi connectivity index (χ0n) is 12.6. The Balaban J connectivity index is 1.74. The zero-order valence-corrected chi connectivity index (χ0v) is 15.8. The Bertz CT molecular complexity index is 707. The van der Waals surface area contributed by atoms with Crippen molar-refractivity contribution in [2.45, 2.75) is 18.8 Å². The summed E-state index contributed by atoms with van der Waals surface area (Å²) in [6, 6.07) is 5.19. The molecule has 2 atom stereocenters. The summed E-state index contributed by atoms with van der Waals surface area (Å²) in [6.45, 7) is 0.649. The minimum Gasteiger partial charge on any atom is -0.508 e. The molecule has 0 aliphatic carbocycles. The van der Waals surface area contributed by atoms with E-state index >= 15 is 0 Å². The number of rotatable bonds is 7. The normalized spacial score (nSPS) is 19.2. The predicted octanol–water partition coefficient (Wildman–Crippen LogP) is 3.64. The van der Waals surface area contributed by atoms with Crippen molar-refractivity contribution in [2.75, 3.05) is 24.8 Å². The number of hydrogen-bond acceptors (Lipinski definition) is 7. The molecule has 2 heterocycles. The van der Waals surface area contributed by atoms with Gasteiger partial charge in [-0.25, -0.2) is 4.98 Å². The van der Waals surface area contributed by atoms with Crippen LogP contribution >= 0.6 is 39.0 Å². The number of methoxy groups -OCH3 is 1. The molecule has 0 amide bonds. The lowest BCUT2D eigenvalue weighted by atomic mass is 10.3. The van der Waals surface area contributed by atoms with Crippen LogP contribution in [0.4, 0.5) is 0 Å². The fraction of sp³-hybridized carbons (Fsp3) is 0.467. The van der Waals surface area contributed by atoms with Gasteiger partial charge in [-0.1, -0.05) is 15.9 Å². The van der Waals surface area contributed by atoms with Crippen molar-refractivity contribution in [3.05, 3.63) is 23.2 Å². The van der Waals surface area contributed by atoms with Gasteiger partial charge in [0.2, 0.25) is 0 Å². The minimum atomic E-state index is -0.322. The first-order valence-electron chi connectivity index (χ1n) is 7.22. The van der Waals surface area contributed by atoms with Gasteiger partial charge in [-0.2, -0.15) is 0 Å². The van der Waals surface area contributed by atoms with Crippen LogP contribution < -0.4 is 0 Å². The van der Waals surface area contributed by atoms with E-state index in [2.05, 4.69) is 20.9 Å². The van der Waals surface area contributed by atoms with Gasteiger partial charge in [0.15, 0.2) is 6.29 Å². The van der Waals surface area contributed by atoms with Gasteiger partial charge in [-0.15, -0.1) is 23.1 Å². The molecule has 3 rings (SSSR count). The molecular formula is C15H17BrN2O3S2. The average molecular weight is 417 g/mol. The van der Waals surface area contributed by atoms with Gasteiger partial charge in [0, 0.05) is 18.2 Å². The maximum atomic E-state index is 9.56. The van der Waals surface area contributed by atoms with Gasteiger partial charge >= 0.3 is 0 Å². The first kappa shape index (κ1) is 17.2. The smallest absolute Gasteiger partial charge is 0.180 e. The first-order chi connectivity index (χ1) is 11.2. The number of phenolic OH excluding ortho intramolecular Hbond substituents is 1. The van der Waals surface area contributed by atoms with Crippen LogP contribution in [0.5, 0.6) is 5.75 Å². The molecule has 1 aromatic carbocycles. The molecule has 124 valence electrons. The SMILES string of the molecule is COC(OCCCBr)C1CSC(c2nc3ccc(O)cc3s2)=N1. The lowest BCUT2D eigenvalue weighted by molar-refractivity contribution is -0.131. The molecule has 0 bridgehead atoms. The number of halogens is 1. The second kappa shape index (κ2) is 7.94. The van der Waals surface area contributed by atoms with Crippen LogP contribution in [0, 0.1) is 0 Å². The number of aromatic hydroxyl groups is 1. The van der Waals surface area contributed by atoms with E-state index in [4.69, 9.17) is 14.5 Å². The van der Waals surface area contributed by atoms with E-state index in [0.717, 1.165) is 37.8 Å². The molecule has 1 aliphatic heterocycles. The number of fused-ring (bicyclic) bond motifs is 1. The van der Waals surface area contributed by atoms with Gasteiger partial charge < -0.3 is 14.6 Å². The fourth-order valence-electron chi connectivity index (χ4n) is 2.24. The number of nitrogens with zero attached hydrogens (tertiary/aromatic N) is 2. The number of thioether (sulfide) groups is 1. The Hall–Kier alpha value is -0.670. The van der Waals surface area contributed by atoms with E-state index in [-0.39, 0.29) is 18.1 Å². The number of ether oxygens (including phenoxy) is 2. The molecule has 2 unspecified atom stereocenters. The Morgan fingerprint density at radius 2 is 2.35 bits per heavy atom. The van der Waals surface area contributed by atoms with Crippen molar-refractivity contribution >= 4 is 54.3 Å². The van der Waals surface area contributed by atoms with Crippen LogP contribution in [0.2, 0.25) is 0 Å². The summed E-state index contributed by atoms with van der Waals surface area (Å²) in [5, 5.41) is 12.3. The van der Waals surface area contributed by atoms with E-state index in [1.807, 2.05) is 6.07 Å². The molecule has 0 radical (unpaired) electrons. The summed E-state index contributed by atoms with van der Waals surface area (Å²) in [5.74, 6) is 1.08. The highest BCUT2D eigenvalue weighted by molar-refractivity contribution is 9.09. The molecule has 5 nitrogen and oxygen atoms in total. The summed E-state index contributed by atoms with van der Waals surface area (Å²) in [7, 11) is 1.65. The maximum absolute atomic E-state index is 9.56. The van der Waals surface area contributed by atoms with E-state index in [9.17, 15) is 5.11 Å². The zero-order chi connectivity index (χ0) is 16.2. The van der Waals surface area contributed by atoms with Gasteiger partial charge in [0.1, 0.15) is 21.8 Å². The molecule has 1 N–H and O–H groups in total. The number of alkyl halides is 1. The van der Waals surface area contributed by atoms with Crippen molar-refractivity contribution in [3.8, 4) is 5.75 Å². The highest BCUT2D eigenvalue weighted by Crippen LogP contribution is 2.32. The van der Waals surface area contributed by atoms with Crippen molar-refractivity contribution < 1.29 is 14.6 Å². The topological polar surface area (TPSA) is 63.9 Å². The van der Waals surface area contributed by atoms with Crippen LogP contribution in [-0.2, 0) is 9.47 Å². The molecule has 2 aromatic rings. The van der Waals surface area contributed by atoms with Crippen molar-refractivity contribution in [1.82, 2.24) is 4.98 Å². The summed E-state index contributed by atoms with van der Waals surface area (Å²) < 4.78 is 12.1. The van der Waals surface area contributed by atoms with E-state index in [0.29, 0.717) is 6.61 Å². The van der Waals surface area contributed by atoms with Crippen LogP contribution in [0.1, 0.15) is 11.4 Å². The molecule has 0 fully saturated rings. The number of thiazole rings is 1. The van der Waals surface area contributed by atoms with E-state index < -0.39 is 0 Å². The second-order valence-corrected chi connectivity index (χ2v) is 7.83. The van der Waals surface area contributed by atoms with Crippen LogP contribution in [-0.4, -0.2) is 52.3 Å². The Kier molecular flexibility index (Phi) is 5.92. The molecule has 0 spiro atoms. The third-order valence-electron chi connectivity index (χ3n) is 3.34. The van der Waals surface area contributed by atoms with E-state index in [1.165, 1.54) is 0 Å². The third kappa shape index (κ3) is 4.06. The number of phenols is 1. The van der Waals surface area contributed by atoms with Crippen molar-refractivity contribution in [1.29, 1.82) is 0 Å². The first-order valence-corrected chi connectivity index (χ1v) is 10.1. The summed E-state index contributed by atoms with van der Waals surface area (Å²) in [6.07, 6.45) is 0.620. The third-order valence-corrected chi connectivity index (χ3v) is 6.13. The average Bonchev–Trinajstić information content (AvgIpc) is 3.17. The lowest BCUT2D eigenvalue weighted by Gasteiger charge is -2.19. The number of benzene rings is 1. The number of aliphatic imine (C=N–C) groups is 1. The quantitative estimate of drug-likeness (QED) is 0.424. The highest BCUT2D eigenvalue weighted by Gasteiger charge is 2.29. The van der Waals surface area contributed by atoms with E-state index in [1.54, 1.807) is 42.3 Å². The molecule has 8 heteroatoms. The number of hydrogen-bond donors (Lipinski definition) is 1. The van der Waals surface area contributed by atoms with Crippen molar-refractivity contribution in [2.24, 2.45) is 4.99 Å². The maximum Gasteiger partial charge on any atom is 0.180 e. The Morgan fingerprint density at radius 3 is 3.13 bits per heavy atom. The van der Waals surface area contributed by atoms with Gasteiger partial charge in [0.05, 0.1) is 16.8 Å². The van der Waals surface area contributed by atoms with Gasteiger partial charge in [-0.3, -0.25) is 4.99 Å². The Labute approximate surface area is 151 Å². The summed E-state index contributed by atoms with van der Waals surface area (Å²) >= 11 is 6.60. The molecule has 0 saturated carbocycles. The standard InChI is InChI=1S/C15H17BrN2O3S2/c1-20-15(21-6-2-5-16)11-8-22-13(18-11)14-17-10-4-3-9(19)7-12(10)23-14/h3-4,7,11,15,19H,2,5-6,8H2,1H3. The fourth-order valence-corrected chi connectivity index (χ4v) is 4.60. The summed E-state index contributed by atoms with van der Waals surface area (Å²) in [4.78, 5) is 9.33. The monoisotopic (exact) mass is 416 g/mol. The van der Waals surface area contributed by atoms with Gasteiger partial charge in [-0.05, 0) is 24.6 Å². The van der Waals surface area contributed by atoms with Crippen LogP contribution in [0.15, 0.2) is 23.2 Å². The van der Waals surface area contributed by atoms with Crippen LogP contribution in [0.3, 0.4) is 0 Å². The predicted molar refractivity (Wildman–Crippen MR) is 99.2 cm³/mol. The number of aromatic nitrogens is 1. The van der Waals surface area contributed by atoms with Crippen molar-refractivity contribution in [3.63, 3.8) is 0 Å². The van der Waals surface area contributed by atoms with Gasteiger partial charge in [0.25, 0.3) is 0 Å². The highest BCUT2D eigenvalue weighted by atomic mass is 79.9. The molecule has 0 saturated heterocycles. The second-order valence-electron chi connectivity index (χ2n) is 5.00. The lowest BCUT2D eigenvalue weighted by Crippen LogP contribution is -2.30.